The van der Waals surface area contributed by atoms with E-state index in [1.165, 1.54) is 3.97 Å². The molecule has 0 fully saturated rings. The molecule has 3 rings (SSSR count). The van der Waals surface area contributed by atoms with Crippen LogP contribution >= 0.6 is 0 Å². The number of aromatic nitrogens is 1. The van der Waals surface area contributed by atoms with Crippen molar-refractivity contribution in [1.82, 2.24) is 3.97 Å². The zero-order chi connectivity index (χ0) is 17.5. The Morgan fingerprint density at radius 2 is 2.08 bits per heavy atom. The monoisotopic (exact) mass is 346 g/mol. The van der Waals surface area contributed by atoms with Gasteiger partial charge < -0.3 is 5.11 Å². The van der Waals surface area contributed by atoms with E-state index in [1.54, 1.807) is 24.3 Å². The molecular weight excluding hydrogens is 328 g/mol. The molecule has 0 aliphatic heterocycles. The summed E-state index contributed by atoms with van der Waals surface area (Å²) in [5, 5.41) is 19.3. The molecule has 126 valence electrons. The second-order valence-corrected chi connectivity index (χ2v) is 8.05. The second-order valence-electron chi connectivity index (χ2n) is 6.22. The summed E-state index contributed by atoms with van der Waals surface area (Å²) in [4.78, 5) is 13.1. The molecule has 1 heterocycles. The summed E-state index contributed by atoms with van der Waals surface area (Å²) in [5.74, 6) is -0.335. The van der Waals surface area contributed by atoms with Gasteiger partial charge in [0.25, 0.3) is 0 Å². The Hall–Kier alpha value is -2.17. The van der Waals surface area contributed by atoms with E-state index in [4.69, 9.17) is 5.11 Å². The average Bonchev–Trinajstić information content (AvgIpc) is 2.89. The predicted molar refractivity (Wildman–Crippen MR) is 89.2 cm³/mol. The summed E-state index contributed by atoms with van der Waals surface area (Å²) < 4.78 is 25.7. The highest BCUT2D eigenvalue weighted by Gasteiger charge is 2.45. The zero-order valence-electron chi connectivity index (χ0n) is 13.3. The number of aliphatic hydroxyl groups is 1. The van der Waals surface area contributed by atoms with E-state index < -0.39 is 15.4 Å². The van der Waals surface area contributed by atoms with Crippen molar-refractivity contribution >= 4 is 26.7 Å². The van der Waals surface area contributed by atoms with Crippen LogP contribution in [0.25, 0.3) is 10.9 Å². The van der Waals surface area contributed by atoms with Gasteiger partial charge in [0.15, 0.2) is 5.78 Å². The van der Waals surface area contributed by atoms with Gasteiger partial charge in [-0.3, -0.25) is 4.79 Å². The number of aliphatic hydroxyl groups excluding tert-OH is 1. The lowest BCUT2D eigenvalue weighted by molar-refractivity contribution is 0.0814. The maximum absolute atomic E-state index is 13.1. The summed E-state index contributed by atoms with van der Waals surface area (Å²) in [6.45, 7) is -0.0886. The van der Waals surface area contributed by atoms with Crippen LogP contribution in [0.4, 0.5) is 0 Å². The molecule has 0 bridgehead atoms. The van der Waals surface area contributed by atoms with Crippen LogP contribution in [0.2, 0.25) is 0 Å². The average molecular weight is 346 g/mol. The van der Waals surface area contributed by atoms with E-state index in [0.29, 0.717) is 35.0 Å². The Morgan fingerprint density at radius 1 is 1.38 bits per heavy atom. The highest BCUT2D eigenvalue weighted by Crippen LogP contribution is 2.43. The lowest BCUT2D eigenvalue weighted by atomic mass is 9.70. The number of nitrogens with zero attached hydrogens (tertiary/aromatic N) is 2. The number of Topliss-reactive ketones (excluding diaryl/α,β-unsaturated/α-hetero) is 1. The minimum Gasteiger partial charge on any atom is -0.396 e. The molecule has 0 unspecified atom stereocenters. The first-order valence-electron chi connectivity index (χ1n) is 7.75. The predicted octanol–water partition coefficient (Wildman–Crippen LogP) is 1.86. The van der Waals surface area contributed by atoms with Crippen molar-refractivity contribution in [1.29, 1.82) is 5.26 Å². The number of hydrogen-bond donors (Lipinski definition) is 1. The minimum absolute atomic E-state index is 0.0886. The summed E-state index contributed by atoms with van der Waals surface area (Å²) in [5.41, 5.74) is 0.0666. The molecule has 0 amide bonds. The number of carbonyl (C=O) groups is 1. The first kappa shape index (κ1) is 16.7. The molecule has 1 N–H and O–H groups in total. The number of fused-ring (bicyclic) bond motifs is 3. The number of ketones is 1. The van der Waals surface area contributed by atoms with Crippen molar-refractivity contribution < 1.29 is 18.3 Å². The van der Waals surface area contributed by atoms with Crippen LogP contribution in [-0.4, -0.2) is 36.1 Å². The normalized spacial score (nSPS) is 20.8. The van der Waals surface area contributed by atoms with Gasteiger partial charge in [-0.1, -0.05) is 18.2 Å². The number of hydrogen-bond acceptors (Lipinski definition) is 5. The van der Waals surface area contributed by atoms with Gasteiger partial charge in [0.05, 0.1) is 17.8 Å². The highest BCUT2D eigenvalue weighted by atomic mass is 32.2. The van der Waals surface area contributed by atoms with Crippen molar-refractivity contribution in [3.8, 4) is 6.07 Å². The van der Waals surface area contributed by atoms with Crippen molar-refractivity contribution in [2.24, 2.45) is 5.41 Å². The highest BCUT2D eigenvalue weighted by molar-refractivity contribution is 7.89. The van der Waals surface area contributed by atoms with Gasteiger partial charge in [0.1, 0.15) is 5.41 Å². The van der Waals surface area contributed by atoms with Crippen LogP contribution in [0.15, 0.2) is 24.3 Å². The van der Waals surface area contributed by atoms with Crippen LogP contribution in [0.5, 0.6) is 0 Å². The molecule has 1 atom stereocenters. The van der Waals surface area contributed by atoms with Gasteiger partial charge in [-0.25, -0.2) is 12.4 Å². The lowest BCUT2D eigenvalue weighted by Crippen LogP contribution is -2.35. The number of para-hydroxylation sites is 1. The smallest absolute Gasteiger partial charge is 0.236 e. The van der Waals surface area contributed by atoms with Crippen molar-refractivity contribution in [2.45, 2.75) is 25.7 Å². The van der Waals surface area contributed by atoms with E-state index in [-0.39, 0.29) is 25.2 Å². The van der Waals surface area contributed by atoms with Gasteiger partial charge in [0.2, 0.25) is 10.0 Å². The van der Waals surface area contributed by atoms with Crippen LogP contribution in [-0.2, 0) is 16.4 Å². The van der Waals surface area contributed by atoms with E-state index >= 15 is 0 Å². The first-order valence-corrected chi connectivity index (χ1v) is 9.60. The van der Waals surface area contributed by atoms with E-state index in [1.807, 2.05) is 0 Å². The fraction of sp³-hybridized carbons (Fsp3) is 0.412. The van der Waals surface area contributed by atoms with Gasteiger partial charge in [0, 0.05) is 23.3 Å². The van der Waals surface area contributed by atoms with Gasteiger partial charge in [-0.15, -0.1) is 0 Å². The molecule has 1 aromatic heterocycles. The molecule has 24 heavy (non-hydrogen) atoms. The maximum atomic E-state index is 13.1. The number of rotatable bonds is 4. The van der Waals surface area contributed by atoms with E-state index in [9.17, 15) is 18.5 Å². The molecule has 0 spiro atoms. The van der Waals surface area contributed by atoms with Crippen LogP contribution in [0, 0.1) is 16.7 Å². The molecule has 7 heteroatoms. The summed E-state index contributed by atoms with van der Waals surface area (Å²) in [6.07, 6.45) is 2.35. The summed E-state index contributed by atoms with van der Waals surface area (Å²) >= 11 is 0. The Morgan fingerprint density at radius 3 is 2.71 bits per heavy atom. The molecule has 0 radical (unpaired) electrons. The maximum Gasteiger partial charge on any atom is 0.236 e. The molecular formula is C17H18N2O4S. The molecule has 0 saturated heterocycles. The first-order chi connectivity index (χ1) is 11.4. The third kappa shape index (κ3) is 2.34. The molecule has 1 aliphatic carbocycles. The van der Waals surface area contributed by atoms with Crippen molar-refractivity contribution in [3.63, 3.8) is 0 Å². The van der Waals surface area contributed by atoms with E-state index in [2.05, 4.69) is 6.07 Å². The molecule has 1 aliphatic rings. The Balaban J connectivity index is 2.30. The third-order valence-electron chi connectivity index (χ3n) is 4.68. The SMILES string of the molecule is CS(=O)(=O)n1c2c(c3ccccc31)C(=O)[C@@](C#N)(CCCO)CC2. The van der Waals surface area contributed by atoms with Gasteiger partial charge in [-0.05, 0) is 31.7 Å². The lowest BCUT2D eigenvalue weighted by Gasteiger charge is -2.29. The summed E-state index contributed by atoms with van der Waals surface area (Å²) in [7, 11) is -3.57. The van der Waals surface area contributed by atoms with E-state index in [0.717, 1.165) is 6.26 Å². The largest absolute Gasteiger partial charge is 0.396 e. The number of nitriles is 1. The molecule has 0 saturated carbocycles. The van der Waals surface area contributed by atoms with Crippen LogP contribution in [0.1, 0.15) is 35.3 Å². The molecule has 2 aromatic rings. The number of benzene rings is 1. The van der Waals surface area contributed by atoms with Crippen molar-refractivity contribution in [2.75, 3.05) is 12.9 Å². The molecule has 6 nitrogen and oxygen atoms in total. The minimum atomic E-state index is -3.57. The molecule has 1 aromatic carbocycles. The topological polar surface area (TPSA) is 100 Å². The summed E-state index contributed by atoms with van der Waals surface area (Å²) in [6, 6.07) is 9.00. The Kier molecular flexibility index (Phi) is 3.98. The third-order valence-corrected chi connectivity index (χ3v) is 5.76. The van der Waals surface area contributed by atoms with Gasteiger partial charge >= 0.3 is 0 Å². The van der Waals surface area contributed by atoms with Crippen LogP contribution < -0.4 is 0 Å². The standard InChI is InChI=1S/C17H18N2O4S/c1-24(22,23)19-13-6-3-2-5-12(13)15-14(19)7-9-17(11-18,16(15)21)8-4-10-20/h2-3,5-6,20H,4,7-10H2,1H3/t17-/m0/s1. The fourth-order valence-corrected chi connectivity index (χ4v) is 4.69. The second kappa shape index (κ2) is 5.72. The van der Waals surface area contributed by atoms with Crippen molar-refractivity contribution in [3.05, 3.63) is 35.5 Å². The number of carbonyl (C=O) groups excluding carboxylic acids is 1. The Bertz CT molecular complexity index is 968. The Labute approximate surface area is 140 Å². The zero-order valence-corrected chi connectivity index (χ0v) is 14.1. The van der Waals surface area contributed by atoms with Gasteiger partial charge in [-0.2, -0.15) is 5.26 Å². The fourth-order valence-electron chi connectivity index (χ4n) is 3.59. The quantitative estimate of drug-likeness (QED) is 0.911. The van der Waals surface area contributed by atoms with Crippen LogP contribution in [0.3, 0.4) is 0 Å².